The molecular weight excluding hydrogens is 240 g/mol. The summed E-state index contributed by atoms with van der Waals surface area (Å²) in [7, 11) is 1.91. The molecule has 100 valence electrons. The van der Waals surface area contributed by atoms with Crippen molar-refractivity contribution < 1.29 is 9.47 Å². The third-order valence-corrected chi connectivity index (χ3v) is 3.31. The Hall–Kier alpha value is -1.97. The third kappa shape index (κ3) is 2.18. The van der Waals surface area contributed by atoms with E-state index >= 15 is 0 Å². The quantitative estimate of drug-likeness (QED) is 0.919. The number of hydrogen-bond donors (Lipinski definition) is 1. The zero-order valence-electron chi connectivity index (χ0n) is 11.3. The summed E-state index contributed by atoms with van der Waals surface area (Å²) in [6.07, 6.45) is 2.12. The lowest BCUT2D eigenvalue weighted by Crippen LogP contribution is -2.15. The number of benzene rings is 1. The highest BCUT2D eigenvalue weighted by molar-refractivity contribution is 5.85. The minimum absolute atomic E-state index is 0.602. The molecule has 0 bridgehead atoms. The molecular formula is C15H18N2O2. The number of pyridine rings is 1. The fourth-order valence-corrected chi connectivity index (χ4v) is 2.43. The van der Waals surface area contributed by atoms with Gasteiger partial charge in [0.2, 0.25) is 0 Å². The Morgan fingerprint density at radius 3 is 2.58 bits per heavy atom. The fraction of sp³-hybridized carbons (Fsp3) is 0.400. The first-order valence-electron chi connectivity index (χ1n) is 6.73. The Morgan fingerprint density at radius 1 is 1.16 bits per heavy atom. The number of fused-ring (bicyclic) bond motifs is 2. The number of anilines is 1. The van der Waals surface area contributed by atoms with E-state index in [1.54, 1.807) is 0 Å². The Balaban J connectivity index is 2.15. The Morgan fingerprint density at radius 2 is 1.89 bits per heavy atom. The highest BCUT2D eigenvalue weighted by Gasteiger charge is 2.14. The standard InChI is InChI=1S/C15H18N2O2/c1-3-4-10-7-11-8-13-14(19-6-5-18-13)9-12(11)17-15(10)16-2/h7-9H,3-6H2,1-2H3,(H,16,17). The van der Waals surface area contributed by atoms with Gasteiger partial charge in [-0.2, -0.15) is 0 Å². The van der Waals surface area contributed by atoms with Gasteiger partial charge in [-0.3, -0.25) is 0 Å². The normalized spacial score (nSPS) is 13.6. The van der Waals surface area contributed by atoms with Crippen molar-refractivity contribution >= 4 is 16.7 Å². The number of hydrogen-bond acceptors (Lipinski definition) is 4. The number of nitrogens with zero attached hydrogens (tertiary/aromatic N) is 1. The van der Waals surface area contributed by atoms with Crippen LogP contribution in [0.4, 0.5) is 5.82 Å². The van der Waals surface area contributed by atoms with Gasteiger partial charge in [0.05, 0.1) is 5.52 Å². The van der Waals surface area contributed by atoms with Crippen molar-refractivity contribution in [3.05, 3.63) is 23.8 Å². The first-order valence-corrected chi connectivity index (χ1v) is 6.73. The van der Waals surface area contributed by atoms with E-state index in [0.717, 1.165) is 41.1 Å². The van der Waals surface area contributed by atoms with Gasteiger partial charge in [-0.05, 0) is 24.1 Å². The number of rotatable bonds is 3. The summed E-state index contributed by atoms with van der Waals surface area (Å²) in [5.41, 5.74) is 2.18. The molecule has 2 heterocycles. The molecule has 0 atom stereocenters. The van der Waals surface area contributed by atoms with Gasteiger partial charge >= 0.3 is 0 Å². The van der Waals surface area contributed by atoms with Crippen molar-refractivity contribution in [2.45, 2.75) is 19.8 Å². The monoisotopic (exact) mass is 258 g/mol. The molecule has 0 unspecified atom stereocenters. The molecule has 1 aliphatic heterocycles. The van der Waals surface area contributed by atoms with Crippen LogP contribution >= 0.6 is 0 Å². The summed E-state index contributed by atoms with van der Waals surface area (Å²) >= 11 is 0. The maximum absolute atomic E-state index is 5.62. The van der Waals surface area contributed by atoms with Crippen molar-refractivity contribution in [1.82, 2.24) is 4.98 Å². The van der Waals surface area contributed by atoms with E-state index in [2.05, 4.69) is 23.3 Å². The highest BCUT2D eigenvalue weighted by Crippen LogP contribution is 2.35. The molecule has 4 nitrogen and oxygen atoms in total. The van der Waals surface area contributed by atoms with Crippen molar-refractivity contribution in [2.75, 3.05) is 25.6 Å². The number of aryl methyl sites for hydroxylation is 1. The Labute approximate surface area is 112 Å². The summed E-state index contributed by atoms with van der Waals surface area (Å²) in [4.78, 5) is 4.67. The zero-order valence-corrected chi connectivity index (χ0v) is 11.3. The Kier molecular flexibility index (Phi) is 3.15. The largest absolute Gasteiger partial charge is 0.486 e. The van der Waals surface area contributed by atoms with Crippen LogP contribution in [0.3, 0.4) is 0 Å². The molecule has 3 rings (SSSR count). The van der Waals surface area contributed by atoms with Crippen LogP contribution in [-0.4, -0.2) is 25.2 Å². The number of ether oxygens (including phenoxy) is 2. The van der Waals surface area contributed by atoms with Gasteiger partial charge in [0.25, 0.3) is 0 Å². The molecule has 0 radical (unpaired) electrons. The molecule has 1 aliphatic rings. The molecule has 19 heavy (non-hydrogen) atoms. The SMILES string of the molecule is CCCc1cc2cc3c(cc2nc1NC)OCCO3. The molecule has 2 aromatic rings. The summed E-state index contributed by atoms with van der Waals surface area (Å²) in [6, 6.07) is 6.17. The first-order chi connectivity index (χ1) is 9.31. The van der Waals surface area contributed by atoms with Gasteiger partial charge in [-0.25, -0.2) is 4.98 Å². The average molecular weight is 258 g/mol. The second-order valence-electron chi connectivity index (χ2n) is 4.68. The van der Waals surface area contributed by atoms with Crippen LogP contribution in [0.2, 0.25) is 0 Å². The molecule has 0 aliphatic carbocycles. The minimum Gasteiger partial charge on any atom is -0.486 e. The highest BCUT2D eigenvalue weighted by atomic mass is 16.6. The zero-order chi connectivity index (χ0) is 13.2. The van der Waals surface area contributed by atoms with E-state index in [-0.39, 0.29) is 0 Å². The van der Waals surface area contributed by atoms with E-state index in [1.807, 2.05) is 19.2 Å². The van der Waals surface area contributed by atoms with E-state index in [1.165, 1.54) is 5.56 Å². The van der Waals surface area contributed by atoms with Crippen LogP contribution in [0.5, 0.6) is 11.5 Å². The predicted octanol–water partition coefficient (Wildman–Crippen LogP) is 3.00. The van der Waals surface area contributed by atoms with E-state index in [9.17, 15) is 0 Å². The van der Waals surface area contributed by atoms with Gasteiger partial charge in [0.1, 0.15) is 19.0 Å². The lowest BCUT2D eigenvalue weighted by molar-refractivity contribution is 0.172. The topological polar surface area (TPSA) is 43.4 Å². The summed E-state index contributed by atoms with van der Waals surface area (Å²) in [5.74, 6) is 2.56. The van der Waals surface area contributed by atoms with E-state index in [4.69, 9.17) is 9.47 Å². The van der Waals surface area contributed by atoms with Crippen LogP contribution < -0.4 is 14.8 Å². The molecule has 1 aromatic carbocycles. The first kappa shape index (κ1) is 12.1. The average Bonchev–Trinajstić information content (AvgIpc) is 2.45. The molecule has 0 amide bonds. The van der Waals surface area contributed by atoms with Crippen LogP contribution in [-0.2, 0) is 6.42 Å². The summed E-state index contributed by atoms with van der Waals surface area (Å²) < 4.78 is 11.2. The minimum atomic E-state index is 0.602. The smallest absolute Gasteiger partial charge is 0.163 e. The van der Waals surface area contributed by atoms with Gasteiger partial charge < -0.3 is 14.8 Å². The summed E-state index contributed by atoms with van der Waals surface area (Å²) in [5, 5.41) is 4.27. The number of nitrogens with one attached hydrogen (secondary N) is 1. The lowest BCUT2D eigenvalue weighted by Gasteiger charge is -2.19. The predicted molar refractivity (Wildman–Crippen MR) is 76.3 cm³/mol. The maximum atomic E-state index is 5.62. The maximum Gasteiger partial charge on any atom is 0.163 e. The molecule has 1 aromatic heterocycles. The van der Waals surface area contributed by atoms with Crippen molar-refractivity contribution in [3.63, 3.8) is 0 Å². The molecule has 0 spiro atoms. The summed E-state index contributed by atoms with van der Waals surface area (Å²) in [6.45, 7) is 3.39. The molecule has 0 saturated carbocycles. The fourth-order valence-electron chi connectivity index (χ4n) is 2.43. The van der Waals surface area contributed by atoms with Gasteiger partial charge in [-0.1, -0.05) is 13.3 Å². The third-order valence-electron chi connectivity index (χ3n) is 3.31. The van der Waals surface area contributed by atoms with Crippen LogP contribution in [0.25, 0.3) is 10.9 Å². The lowest BCUT2D eigenvalue weighted by atomic mass is 10.1. The van der Waals surface area contributed by atoms with Gasteiger partial charge in [0.15, 0.2) is 11.5 Å². The van der Waals surface area contributed by atoms with E-state index < -0.39 is 0 Å². The molecule has 4 heteroatoms. The Bertz CT molecular complexity index is 611. The number of aromatic nitrogens is 1. The van der Waals surface area contributed by atoms with Gasteiger partial charge in [0, 0.05) is 18.5 Å². The second-order valence-corrected chi connectivity index (χ2v) is 4.68. The van der Waals surface area contributed by atoms with Crippen LogP contribution in [0, 0.1) is 0 Å². The van der Waals surface area contributed by atoms with E-state index in [0.29, 0.717) is 13.2 Å². The molecule has 1 N–H and O–H groups in total. The second kappa shape index (κ2) is 4.96. The van der Waals surface area contributed by atoms with Crippen LogP contribution in [0.1, 0.15) is 18.9 Å². The van der Waals surface area contributed by atoms with Crippen molar-refractivity contribution in [2.24, 2.45) is 0 Å². The van der Waals surface area contributed by atoms with Crippen molar-refractivity contribution in [3.8, 4) is 11.5 Å². The van der Waals surface area contributed by atoms with Gasteiger partial charge in [-0.15, -0.1) is 0 Å². The molecule has 0 fully saturated rings. The van der Waals surface area contributed by atoms with Crippen molar-refractivity contribution in [1.29, 1.82) is 0 Å². The molecule has 0 saturated heterocycles. The van der Waals surface area contributed by atoms with Crippen LogP contribution in [0.15, 0.2) is 18.2 Å².